The molecule has 0 aliphatic heterocycles. The number of thiazole rings is 1. The second-order valence-corrected chi connectivity index (χ2v) is 11.6. The summed E-state index contributed by atoms with van der Waals surface area (Å²) < 4.78 is 36.0. The molecule has 186 valence electrons. The zero-order chi connectivity index (χ0) is 24.4. The van der Waals surface area contributed by atoms with Crippen LogP contribution >= 0.6 is 11.3 Å². The summed E-state index contributed by atoms with van der Waals surface area (Å²) in [4.78, 5) is 19.9. The fourth-order valence-corrected chi connectivity index (χ4v) is 5.37. The van der Waals surface area contributed by atoms with E-state index in [-0.39, 0.29) is 17.3 Å². The minimum absolute atomic E-state index is 0.0428. The van der Waals surface area contributed by atoms with Crippen molar-refractivity contribution in [2.75, 3.05) is 29.2 Å². The highest BCUT2D eigenvalue weighted by Gasteiger charge is 2.30. The van der Waals surface area contributed by atoms with E-state index in [1.54, 1.807) is 0 Å². The molecule has 2 aromatic rings. The van der Waals surface area contributed by atoms with Crippen molar-refractivity contribution in [2.24, 2.45) is 11.8 Å². The summed E-state index contributed by atoms with van der Waals surface area (Å²) in [6, 6.07) is 0. The van der Waals surface area contributed by atoms with Crippen molar-refractivity contribution in [3.8, 4) is 0 Å². The summed E-state index contributed by atoms with van der Waals surface area (Å²) in [6.07, 6.45) is 11.6. The normalized spacial score (nSPS) is 16.3. The summed E-state index contributed by atoms with van der Waals surface area (Å²) in [5, 5.41) is 6.43. The first-order chi connectivity index (χ1) is 15.8. The van der Waals surface area contributed by atoms with Crippen LogP contribution in [-0.2, 0) is 14.6 Å². The molecule has 7 nitrogen and oxygen atoms in total. The van der Waals surface area contributed by atoms with Crippen LogP contribution in [0, 0.1) is 17.7 Å². The van der Waals surface area contributed by atoms with E-state index in [2.05, 4.69) is 20.6 Å². The Hall–Kier alpha value is -1.81. The maximum absolute atomic E-state index is 13.7. The van der Waals surface area contributed by atoms with Crippen LogP contribution in [0.25, 0.3) is 10.2 Å². The third-order valence-corrected chi connectivity index (χ3v) is 7.51. The van der Waals surface area contributed by atoms with E-state index in [0.717, 1.165) is 25.5 Å². The van der Waals surface area contributed by atoms with Crippen molar-refractivity contribution in [1.82, 2.24) is 9.97 Å². The summed E-state index contributed by atoms with van der Waals surface area (Å²) >= 11 is 1.30. The van der Waals surface area contributed by atoms with Gasteiger partial charge in [0.05, 0.1) is 11.9 Å². The van der Waals surface area contributed by atoms with Gasteiger partial charge in [0.2, 0.25) is 5.91 Å². The second-order valence-electron chi connectivity index (χ2n) is 8.37. The summed E-state index contributed by atoms with van der Waals surface area (Å²) in [5.74, 6) is 1.04. The number of nitrogens with one attached hydrogen (secondary N) is 2. The van der Waals surface area contributed by atoms with Crippen LogP contribution in [0.3, 0.4) is 0 Å². The first kappa shape index (κ1) is 27.4. The minimum Gasteiger partial charge on any atom is -0.362 e. The number of carbonyl (C=O) groups excluding carboxylic acids is 1. The van der Waals surface area contributed by atoms with Gasteiger partial charge in [-0.15, -0.1) is 0 Å². The van der Waals surface area contributed by atoms with E-state index < -0.39 is 15.7 Å². The maximum Gasteiger partial charge on any atom is 0.228 e. The molecule has 0 unspecified atom stereocenters. The van der Waals surface area contributed by atoms with Gasteiger partial charge in [0.15, 0.2) is 16.8 Å². The zero-order valence-electron chi connectivity index (χ0n) is 20.1. The Kier molecular flexibility index (Phi) is 11.0. The zero-order valence-corrected chi connectivity index (χ0v) is 21.7. The highest BCUT2D eigenvalue weighted by atomic mass is 32.2. The number of halogens is 1. The number of fused-ring (bicyclic) bond motifs is 1. The van der Waals surface area contributed by atoms with Gasteiger partial charge in [-0.3, -0.25) is 4.79 Å². The molecule has 1 amide bonds. The number of carbonyl (C=O) groups is 1. The number of rotatable bonds is 7. The van der Waals surface area contributed by atoms with Crippen molar-refractivity contribution in [1.29, 1.82) is 0 Å². The molecule has 2 heterocycles. The smallest absolute Gasteiger partial charge is 0.228 e. The van der Waals surface area contributed by atoms with Crippen molar-refractivity contribution in [3.63, 3.8) is 0 Å². The number of hydrogen-bond donors (Lipinski definition) is 2. The largest absolute Gasteiger partial charge is 0.362 e. The van der Waals surface area contributed by atoms with Crippen molar-refractivity contribution in [2.45, 2.75) is 72.1 Å². The number of sulfone groups is 1. The van der Waals surface area contributed by atoms with Crippen LogP contribution in [0.1, 0.15) is 72.1 Å². The van der Waals surface area contributed by atoms with Crippen LogP contribution in [0.15, 0.2) is 6.20 Å². The topological polar surface area (TPSA) is 101 Å². The Balaban J connectivity index is 0.000000238. The molecule has 33 heavy (non-hydrogen) atoms. The lowest BCUT2D eigenvalue weighted by Gasteiger charge is -2.20. The number of pyridine rings is 1. The molecule has 2 N–H and O–H groups in total. The van der Waals surface area contributed by atoms with Gasteiger partial charge in [-0.2, -0.15) is 0 Å². The summed E-state index contributed by atoms with van der Waals surface area (Å²) in [7, 11) is -2.72. The molecule has 2 saturated carbocycles. The Morgan fingerprint density at radius 2 is 1.85 bits per heavy atom. The molecule has 0 spiro atoms. The molecule has 0 aromatic carbocycles. The number of amides is 1. The van der Waals surface area contributed by atoms with Crippen LogP contribution in [0.2, 0.25) is 0 Å². The molecule has 0 radical (unpaired) electrons. The predicted molar refractivity (Wildman–Crippen MR) is 135 cm³/mol. The van der Waals surface area contributed by atoms with E-state index in [9.17, 15) is 17.6 Å². The van der Waals surface area contributed by atoms with Crippen LogP contribution in [-0.4, -0.2) is 42.8 Å². The Bertz CT molecular complexity index is 1000. The van der Waals surface area contributed by atoms with Crippen molar-refractivity contribution >= 4 is 48.2 Å². The fraction of sp³-hybridized carbons (Fsp3) is 0.696. The lowest BCUT2D eigenvalue weighted by Crippen LogP contribution is -2.14. The molecule has 0 atom stereocenters. The quantitative estimate of drug-likeness (QED) is 0.510. The molecule has 2 aromatic heterocycles. The second kappa shape index (κ2) is 13.2. The van der Waals surface area contributed by atoms with Gasteiger partial charge in [0.1, 0.15) is 20.1 Å². The Labute approximate surface area is 200 Å². The molecule has 2 fully saturated rings. The van der Waals surface area contributed by atoms with Crippen molar-refractivity contribution < 1.29 is 17.6 Å². The average molecular weight is 501 g/mol. The first-order valence-corrected chi connectivity index (χ1v) is 14.8. The maximum atomic E-state index is 13.7. The predicted octanol–water partition coefficient (Wildman–Crippen LogP) is 5.64. The van der Waals surface area contributed by atoms with Gasteiger partial charge in [-0.05, 0) is 32.1 Å². The number of anilines is 2. The fourth-order valence-electron chi connectivity index (χ4n) is 3.62. The highest BCUT2D eigenvalue weighted by molar-refractivity contribution is 7.90. The minimum atomic E-state index is -2.72. The van der Waals surface area contributed by atoms with E-state index in [1.165, 1.54) is 49.7 Å². The van der Waals surface area contributed by atoms with E-state index in [1.807, 2.05) is 20.8 Å². The molecular weight excluding hydrogens is 463 g/mol. The number of hydrogen-bond acceptors (Lipinski definition) is 7. The lowest BCUT2D eigenvalue weighted by molar-refractivity contribution is -0.117. The van der Waals surface area contributed by atoms with Crippen LogP contribution < -0.4 is 10.6 Å². The van der Waals surface area contributed by atoms with Crippen LogP contribution in [0.5, 0.6) is 0 Å². The number of nitrogens with zero attached hydrogens (tertiary/aromatic N) is 2. The Morgan fingerprint density at radius 3 is 2.42 bits per heavy atom. The molecule has 0 saturated heterocycles. The molecular formula is C23H37FN4O3S2. The van der Waals surface area contributed by atoms with E-state index in [0.29, 0.717) is 33.9 Å². The SMILES string of the molecule is CC.CCNc1nc2c(F)cnc(NC(=O)C3CC3)c2s1.CS(=O)(=O)CCC1CCCCC1. The van der Waals surface area contributed by atoms with Gasteiger partial charge in [-0.25, -0.2) is 22.8 Å². The highest BCUT2D eigenvalue weighted by Crippen LogP contribution is 2.34. The van der Waals surface area contributed by atoms with Gasteiger partial charge in [0.25, 0.3) is 0 Å². The third kappa shape index (κ3) is 9.16. The van der Waals surface area contributed by atoms with E-state index in [4.69, 9.17) is 0 Å². The van der Waals surface area contributed by atoms with Crippen LogP contribution in [0.4, 0.5) is 15.3 Å². The summed E-state index contributed by atoms with van der Waals surface area (Å²) in [5.41, 5.74) is 0.252. The van der Waals surface area contributed by atoms with Gasteiger partial charge in [-0.1, -0.05) is 57.3 Å². The molecule has 4 rings (SSSR count). The summed E-state index contributed by atoms with van der Waals surface area (Å²) in [6.45, 7) is 6.65. The number of aromatic nitrogens is 2. The van der Waals surface area contributed by atoms with Gasteiger partial charge >= 0.3 is 0 Å². The molecule has 10 heteroatoms. The standard InChI is InChI=1S/C12H13FN4OS.C9H18O2S.C2H6/c1-2-14-12-16-8-7(13)5-15-10(9(8)19-12)17-11(18)6-3-4-6;1-12(10,11)8-7-9-5-3-2-4-6-9;1-2/h5-6H,2-4H2,1H3,(H,14,16)(H,15,17,18);9H,2-8H2,1H3;1-2H3. The first-order valence-electron chi connectivity index (χ1n) is 11.9. The lowest BCUT2D eigenvalue weighted by atomic mass is 9.88. The monoisotopic (exact) mass is 500 g/mol. The average Bonchev–Trinajstić information content (AvgIpc) is 3.56. The van der Waals surface area contributed by atoms with E-state index >= 15 is 0 Å². The molecule has 2 aliphatic rings. The molecule has 2 aliphatic carbocycles. The third-order valence-electron chi connectivity index (χ3n) is 5.51. The molecule has 0 bridgehead atoms. The Morgan fingerprint density at radius 1 is 1.18 bits per heavy atom. The van der Waals surface area contributed by atoms with Crippen molar-refractivity contribution in [3.05, 3.63) is 12.0 Å². The van der Waals surface area contributed by atoms with Gasteiger partial charge < -0.3 is 10.6 Å². The van der Waals surface area contributed by atoms with Gasteiger partial charge in [0, 0.05) is 18.7 Å².